The molecule has 1 fully saturated rings. The van der Waals surface area contributed by atoms with Gasteiger partial charge in [-0.2, -0.15) is 0 Å². The number of carbonyl (C=O) groups is 3. The minimum absolute atomic E-state index is 0.0306. The Morgan fingerprint density at radius 3 is 1.98 bits per heavy atom. The van der Waals surface area contributed by atoms with Gasteiger partial charge in [0, 0.05) is 25.2 Å². The van der Waals surface area contributed by atoms with Crippen LogP contribution in [0.25, 0.3) is 0 Å². The average Bonchev–Trinajstić information content (AvgIpc) is 3.17. The minimum atomic E-state index is -4.79. The molecule has 0 aromatic heterocycles. The van der Waals surface area contributed by atoms with Crippen molar-refractivity contribution in [1.29, 1.82) is 0 Å². The van der Waals surface area contributed by atoms with Crippen LogP contribution in [0.15, 0.2) is 24.3 Å². The van der Waals surface area contributed by atoms with E-state index in [9.17, 15) is 39.2 Å². The van der Waals surface area contributed by atoms with Gasteiger partial charge in [-0.3, -0.25) is 23.4 Å². The smallest absolute Gasteiger partial charge is 0.472 e. The third-order valence-electron chi connectivity index (χ3n) is 10.00. The largest absolute Gasteiger partial charge is 0.480 e. The molecule has 16 heteroatoms. The number of allylic oxidation sites excluding steroid dienone is 2. The van der Waals surface area contributed by atoms with E-state index in [1.54, 1.807) is 12.2 Å². The number of carbonyl (C=O) groups excluding carboxylic acids is 2. The Labute approximate surface area is 346 Å². The molecule has 0 radical (unpaired) electrons. The highest BCUT2D eigenvalue weighted by atomic mass is 31.2. The van der Waals surface area contributed by atoms with Crippen LogP contribution < -0.4 is 5.73 Å². The van der Waals surface area contributed by atoms with E-state index < -0.39 is 82.3 Å². The fourth-order valence-corrected chi connectivity index (χ4v) is 7.24. The summed E-state index contributed by atoms with van der Waals surface area (Å²) in [4.78, 5) is 46.2. The van der Waals surface area contributed by atoms with Gasteiger partial charge in [-0.05, 0) is 32.1 Å². The number of ether oxygens (including phenoxy) is 3. The van der Waals surface area contributed by atoms with E-state index in [2.05, 4.69) is 18.4 Å². The van der Waals surface area contributed by atoms with Crippen molar-refractivity contribution in [3.63, 3.8) is 0 Å². The van der Waals surface area contributed by atoms with Gasteiger partial charge in [0.1, 0.15) is 12.6 Å². The van der Waals surface area contributed by atoms with Gasteiger partial charge in [-0.1, -0.05) is 134 Å². The van der Waals surface area contributed by atoms with Crippen molar-refractivity contribution in [3.8, 4) is 0 Å². The topological polar surface area (TPSA) is 242 Å². The van der Waals surface area contributed by atoms with E-state index in [1.807, 2.05) is 12.2 Å². The predicted molar refractivity (Wildman–Crippen MR) is 220 cm³/mol. The number of esters is 2. The molecular formula is C42H76NO14P. The maximum Gasteiger partial charge on any atom is 0.472 e. The van der Waals surface area contributed by atoms with Crippen LogP contribution in [0, 0.1) is 5.92 Å². The summed E-state index contributed by atoms with van der Waals surface area (Å²) >= 11 is 0. The molecule has 0 saturated carbocycles. The number of carboxylic acids is 1. The molecule has 1 aliphatic rings. The van der Waals surface area contributed by atoms with Crippen molar-refractivity contribution in [3.05, 3.63) is 24.3 Å². The van der Waals surface area contributed by atoms with E-state index in [1.165, 1.54) is 57.8 Å². The van der Waals surface area contributed by atoms with Crippen LogP contribution in [-0.4, -0.2) is 99.8 Å². The Morgan fingerprint density at radius 2 is 1.36 bits per heavy atom. The lowest BCUT2D eigenvalue weighted by molar-refractivity contribution is -0.199. The van der Waals surface area contributed by atoms with E-state index in [4.69, 9.17) is 29.6 Å². The zero-order valence-electron chi connectivity index (χ0n) is 35.2. The maximum absolute atomic E-state index is 12.7. The second kappa shape index (κ2) is 33.5. The van der Waals surface area contributed by atoms with Crippen molar-refractivity contribution in [2.75, 3.05) is 19.8 Å². The number of hydrogen-bond donors (Lipinski definition) is 6. The highest BCUT2D eigenvalue weighted by molar-refractivity contribution is 7.47. The first-order valence-corrected chi connectivity index (χ1v) is 23.3. The van der Waals surface area contributed by atoms with Crippen molar-refractivity contribution >= 4 is 25.7 Å². The number of rotatable bonds is 36. The van der Waals surface area contributed by atoms with Crippen LogP contribution in [0.2, 0.25) is 0 Å². The summed E-state index contributed by atoms with van der Waals surface area (Å²) in [5, 5.41) is 39.8. The van der Waals surface area contributed by atoms with Gasteiger partial charge in [0.05, 0.1) is 31.5 Å². The van der Waals surface area contributed by atoms with Crippen molar-refractivity contribution in [2.45, 2.75) is 198 Å². The highest BCUT2D eigenvalue weighted by Gasteiger charge is 2.35. The molecule has 0 amide bonds. The predicted octanol–water partition coefficient (Wildman–Crippen LogP) is 7.17. The van der Waals surface area contributed by atoms with E-state index in [-0.39, 0.29) is 25.2 Å². The Morgan fingerprint density at radius 1 is 0.793 bits per heavy atom. The van der Waals surface area contributed by atoms with Crippen molar-refractivity contribution in [2.24, 2.45) is 11.7 Å². The molecule has 1 saturated heterocycles. The second-order valence-corrected chi connectivity index (χ2v) is 16.8. The summed E-state index contributed by atoms with van der Waals surface area (Å²) in [6, 6.07) is -1.57. The number of hydrogen-bond acceptors (Lipinski definition) is 13. The highest BCUT2D eigenvalue weighted by Crippen LogP contribution is 2.43. The van der Waals surface area contributed by atoms with Gasteiger partial charge in [0.15, 0.2) is 12.4 Å². The van der Waals surface area contributed by atoms with Gasteiger partial charge in [-0.25, -0.2) is 4.57 Å². The molecule has 1 heterocycles. The molecular weight excluding hydrogens is 773 g/mol. The number of phosphoric acid groups is 1. The number of aliphatic carboxylic acids is 1. The molecule has 0 bridgehead atoms. The maximum atomic E-state index is 12.7. The summed E-state index contributed by atoms with van der Waals surface area (Å²) < 4.78 is 38.3. The molecule has 0 spiro atoms. The van der Waals surface area contributed by atoms with Gasteiger partial charge in [0.25, 0.3) is 0 Å². The van der Waals surface area contributed by atoms with Gasteiger partial charge >= 0.3 is 25.7 Å². The zero-order valence-corrected chi connectivity index (χ0v) is 36.1. The average molecular weight is 850 g/mol. The molecule has 58 heavy (non-hydrogen) atoms. The van der Waals surface area contributed by atoms with E-state index in [0.717, 1.165) is 38.5 Å². The SMILES string of the molecule is CCCCCCCCCCCCCCCC(=O)OCC(COP(=O)(O)OCC(N)C(=O)O)OC(=O)CCC/C=C\CC1C(O)CC(O)OC1/C=C/C(O)CCCCC. The fourth-order valence-electron chi connectivity index (χ4n) is 6.46. The third kappa shape index (κ3) is 28.3. The second-order valence-electron chi connectivity index (χ2n) is 15.4. The standard InChI is InChI=1S/C42H76NO14P/c1-3-5-7-8-9-10-11-12-13-14-15-16-21-25-39(46)53-30-34(31-54-58(51,52)55-32-36(43)42(49)50)56-40(47)26-22-18-17-20-24-35-37(45)29-41(48)57-38(35)28-27-33(44)23-19-6-4-2/h17,20,27-28,33-38,41,44-45,48H,3-16,18-19,21-26,29-32,43H2,1-2H3,(H,49,50)(H,51,52)/b20-17-,28-27+. The first-order valence-electron chi connectivity index (χ1n) is 21.8. The number of phosphoric ester groups is 1. The number of unbranched alkanes of at least 4 members (excludes halogenated alkanes) is 15. The van der Waals surface area contributed by atoms with Crippen LogP contribution >= 0.6 is 7.82 Å². The van der Waals surface area contributed by atoms with Gasteiger partial charge in [0.2, 0.25) is 0 Å². The fraction of sp³-hybridized carbons (Fsp3) is 0.833. The lowest BCUT2D eigenvalue weighted by Gasteiger charge is -2.36. The molecule has 338 valence electrons. The number of nitrogens with two attached hydrogens (primary N) is 1. The minimum Gasteiger partial charge on any atom is -0.480 e. The van der Waals surface area contributed by atoms with Crippen LogP contribution in [-0.2, 0) is 42.2 Å². The molecule has 1 aliphatic heterocycles. The van der Waals surface area contributed by atoms with Crippen LogP contribution in [0.3, 0.4) is 0 Å². The molecule has 0 aliphatic carbocycles. The summed E-state index contributed by atoms with van der Waals surface area (Å²) in [6.45, 7) is 2.41. The number of aliphatic hydroxyl groups excluding tert-OH is 3. The van der Waals surface area contributed by atoms with E-state index >= 15 is 0 Å². The molecule has 0 aromatic carbocycles. The Kier molecular flexibility index (Phi) is 31.1. The summed E-state index contributed by atoms with van der Waals surface area (Å²) in [7, 11) is -4.79. The van der Waals surface area contributed by atoms with E-state index in [0.29, 0.717) is 32.1 Å². The Bertz CT molecular complexity index is 1200. The van der Waals surface area contributed by atoms with Gasteiger partial charge in [-0.15, -0.1) is 0 Å². The molecule has 8 unspecified atom stereocenters. The molecule has 15 nitrogen and oxygen atoms in total. The third-order valence-corrected chi connectivity index (χ3v) is 10.9. The van der Waals surface area contributed by atoms with Crippen molar-refractivity contribution < 1.29 is 67.5 Å². The zero-order chi connectivity index (χ0) is 43.0. The normalized spacial score (nSPS) is 21.2. The molecule has 8 atom stereocenters. The summed E-state index contributed by atoms with van der Waals surface area (Å²) in [6.07, 6.45) is 22.9. The van der Waals surface area contributed by atoms with Crippen LogP contribution in [0.4, 0.5) is 0 Å². The lowest BCUT2D eigenvalue weighted by atomic mass is 9.87. The molecule has 7 N–H and O–H groups in total. The van der Waals surface area contributed by atoms with Crippen LogP contribution in [0.5, 0.6) is 0 Å². The molecule has 1 rings (SSSR count). The van der Waals surface area contributed by atoms with Crippen LogP contribution in [0.1, 0.15) is 162 Å². The number of carboxylic acid groups (broad SMARTS) is 1. The monoisotopic (exact) mass is 850 g/mol. The Balaban J connectivity index is 2.56. The first-order chi connectivity index (χ1) is 27.8. The number of aliphatic hydroxyl groups is 3. The summed E-state index contributed by atoms with van der Waals surface area (Å²) in [5.74, 6) is -2.95. The lowest BCUT2D eigenvalue weighted by Crippen LogP contribution is -2.43. The van der Waals surface area contributed by atoms with Gasteiger partial charge < -0.3 is 45.3 Å². The quantitative estimate of drug-likeness (QED) is 0.0159. The summed E-state index contributed by atoms with van der Waals surface area (Å²) in [5.41, 5.74) is 5.33. The Hall–Kier alpha value is -2.20. The van der Waals surface area contributed by atoms with Crippen molar-refractivity contribution in [1.82, 2.24) is 0 Å². The molecule has 0 aromatic rings. The first kappa shape index (κ1) is 53.8.